The average molecular weight is 616 g/mol. The van der Waals surface area contributed by atoms with Crippen LogP contribution >= 0.6 is 11.8 Å². The third kappa shape index (κ3) is 5.26. The Morgan fingerprint density at radius 2 is 1.60 bits per heavy atom. The maximum absolute atomic E-state index is 15.4. The molecule has 0 spiro atoms. The van der Waals surface area contributed by atoms with E-state index in [0.717, 1.165) is 29.7 Å². The van der Waals surface area contributed by atoms with Crippen molar-refractivity contribution in [1.82, 2.24) is 4.90 Å². The first-order valence-corrected chi connectivity index (χ1v) is 14.5. The minimum atomic E-state index is -6.06. The van der Waals surface area contributed by atoms with E-state index in [9.17, 15) is 39.7 Å². The molecule has 2 aromatic carbocycles. The summed E-state index contributed by atoms with van der Waals surface area (Å²) in [5.74, 6) is -1.41. The summed E-state index contributed by atoms with van der Waals surface area (Å²) in [6, 6.07) is 6.22. The molecule has 4 rings (SSSR count). The van der Waals surface area contributed by atoms with E-state index < -0.39 is 50.7 Å². The first-order valence-electron chi connectivity index (χ1n) is 12.2. The fourth-order valence-electron chi connectivity index (χ4n) is 5.34. The molecule has 2 aromatic rings. The fraction of sp³-hybridized carbons (Fsp3) is 0.500. The van der Waals surface area contributed by atoms with Gasteiger partial charge in [-0.25, -0.2) is 8.78 Å². The number of hydrogen-bond acceptors (Lipinski definition) is 4. The molecule has 220 valence electrons. The molecule has 0 radical (unpaired) electrons. The van der Waals surface area contributed by atoms with Crippen LogP contribution in [0.5, 0.6) is 0 Å². The molecule has 0 aromatic heterocycles. The number of thioether (sulfide) groups is 1. The highest BCUT2D eigenvalue weighted by Crippen LogP contribution is 2.54. The number of alkyl halides is 6. The number of likely N-dealkylation sites (tertiary alicyclic amines) is 1. The fourth-order valence-corrected chi connectivity index (χ4v) is 8.17. The SMILES string of the molecule is COC(c1ccc([C@]2(S(=O)c3ccc(F)cc3)CCN(C(=O)C3CCSCC3)C2)cc1F)(C(F)(F)F)C(F)(F)F. The van der Waals surface area contributed by atoms with E-state index >= 15 is 4.39 Å². The lowest BCUT2D eigenvalue weighted by Crippen LogP contribution is -2.55. The second-order valence-electron chi connectivity index (χ2n) is 9.69. The molecule has 0 N–H and O–H groups in total. The van der Waals surface area contributed by atoms with Crippen molar-refractivity contribution in [3.8, 4) is 0 Å². The molecule has 2 aliphatic heterocycles. The summed E-state index contributed by atoms with van der Waals surface area (Å²) in [5.41, 5.74) is -6.89. The highest BCUT2D eigenvalue weighted by Gasteiger charge is 2.74. The van der Waals surface area contributed by atoms with Crippen LogP contribution in [0.25, 0.3) is 0 Å². The van der Waals surface area contributed by atoms with Crippen molar-refractivity contribution in [2.45, 2.75) is 46.9 Å². The van der Waals surface area contributed by atoms with Gasteiger partial charge in [-0.05, 0) is 66.7 Å². The van der Waals surface area contributed by atoms with Crippen LogP contribution in [-0.2, 0) is 30.7 Å². The molecule has 0 aliphatic carbocycles. The molecular weight excluding hydrogens is 590 g/mol. The quantitative estimate of drug-likeness (QED) is 0.358. The highest BCUT2D eigenvalue weighted by atomic mass is 32.2. The van der Waals surface area contributed by atoms with Crippen LogP contribution in [0.1, 0.15) is 30.4 Å². The van der Waals surface area contributed by atoms with Crippen molar-refractivity contribution in [3.63, 3.8) is 0 Å². The number of nitrogens with zero attached hydrogens (tertiary/aromatic N) is 1. The zero-order valence-corrected chi connectivity index (χ0v) is 22.7. The van der Waals surface area contributed by atoms with Crippen LogP contribution in [0, 0.1) is 17.6 Å². The minimum absolute atomic E-state index is 0.0169. The van der Waals surface area contributed by atoms with Crippen LogP contribution in [0.3, 0.4) is 0 Å². The van der Waals surface area contributed by atoms with Gasteiger partial charge in [0.1, 0.15) is 11.6 Å². The molecule has 2 heterocycles. The van der Waals surface area contributed by atoms with E-state index in [4.69, 9.17) is 0 Å². The maximum Gasteiger partial charge on any atom is 0.430 e. The van der Waals surface area contributed by atoms with Crippen LogP contribution in [0.2, 0.25) is 0 Å². The summed E-state index contributed by atoms with van der Waals surface area (Å²) in [7, 11) is -1.91. The number of hydrogen-bond donors (Lipinski definition) is 0. The lowest BCUT2D eigenvalue weighted by molar-refractivity contribution is -0.384. The standard InChI is InChI=1S/C26H25F8NO3S2/c1-38-24(25(29,30)31,26(32,33)34)20-7-2-17(14-21(20)28)23(40(37)19-5-3-18(27)4-6-19)10-11-35(15-23)22(36)16-8-12-39-13-9-16/h2-7,14,16H,8-13,15H2,1H3/t23-,40?/m0/s1. The predicted molar refractivity (Wildman–Crippen MR) is 133 cm³/mol. The second-order valence-corrected chi connectivity index (χ2v) is 12.7. The molecular formula is C26H25F8NO3S2. The minimum Gasteiger partial charge on any atom is -0.357 e. The summed E-state index contributed by atoms with van der Waals surface area (Å²) in [4.78, 5) is 14.8. The zero-order chi connectivity index (χ0) is 29.5. The molecule has 0 bridgehead atoms. The Labute approximate surface area is 231 Å². The molecule has 2 atom stereocenters. The predicted octanol–water partition coefficient (Wildman–Crippen LogP) is 6.31. The summed E-state index contributed by atoms with van der Waals surface area (Å²) in [6.07, 6.45) is -10.9. The van der Waals surface area contributed by atoms with Crippen molar-refractivity contribution in [2.24, 2.45) is 5.92 Å². The first-order chi connectivity index (χ1) is 18.7. The van der Waals surface area contributed by atoms with Gasteiger partial charge in [-0.2, -0.15) is 38.1 Å². The van der Waals surface area contributed by atoms with Crippen LogP contribution in [0.4, 0.5) is 35.1 Å². The van der Waals surface area contributed by atoms with E-state index in [1.807, 2.05) is 0 Å². The van der Waals surface area contributed by atoms with Gasteiger partial charge in [0.15, 0.2) is 0 Å². The molecule has 4 nitrogen and oxygen atoms in total. The number of benzene rings is 2. The van der Waals surface area contributed by atoms with E-state index in [1.165, 1.54) is 17.0 Å². The van der Waals surface area contributed by atoms with E-state index in [1.54, 1.807) is 11.8 Å². The molecule has 0 saturated carbocycles. The Bertz CT molecular complexity index is 1250. The van der Waals surface area contributed by atoms with Gasteiger partial charge in [-0.3, -0.25) is 9.00 Å². The van der Waals surface area contributed by atoms with Crippen LogP contribution in [-0.4, -0.2) is 59.1 Å². The van der Waals surface area contributed by atoms with Gasteiger partial charge >= 0.3 is 12.4 Å². The molecule has 14 heteroatoms. The number of carbonyl (C=O) groups excluding carboxylic acids is 1. The van der Waals surface area contributed by atoms with Gasteiger partial charge in [-0.15, -0.1) is 0 Å². The van der Waals surface area contributed by atoms with Crippen molar-refractivity contribution < 1.29 is 48.9 Å². The number of carbonyl (C=O) groups is 1. The summed E-state index contributed by atoms with van der Waals surface area (Å²) < 4.78 is 128. The van der Waals surface area contributed by atoms with E-state index in [-0.39, 0.29) is 48.9 Å². The van der Waals surface area contributed by atoms with Crippen LogP contribution in [0.15, 0.2) is 47.4 Å². The normalized spacial score (nSPS) is 22.0. The number of ether oxygens (including phenoxy) is 1. The molecule has 1 unspecified atom stereocenters. The van der Waals surface area contributed by atoms with Gasteiger partial charge in [0, 0.05) is 36.6 Å². The molecule has 2 fully saturated rings. The van der Waals surface area contributed by atoms with Crippen molar-refractivity contribution >= 4 is 28.5 Å². The summed E-state index contributed by atoms with van der Waals surface area (Å²) in [6.45, 7) is -0.127. The lowest BCUT2D eigenvalue weighted by atomic mass is 9.88. The van der Waals surface area contributed by atoms with E-state index in [0.29, 0.717) is 25.0 Å². The summed E-state index contributed by atoms with van der Waals surface area (Å²) in [5, 5.41) is 0. The third-order valence-electron chi connectivity index (χ3n) is 7.48. The first kappa shape index (κ1) is 30.8. The lowest BCUT2D eigenvalue weighted by Gasteiger charge is -2.37. The Morgan fingerprint density at radius 3 is 2.12 bits per heavy atom. The number of rotatable bonds is 6. The monoisotopic (exact) mass is 615 g/mol. The number of halogens is 8. The molecule has 40 heavy (non-hydrogen) atoms. The molecule has 2 aliphatic rings. The second kappa shape index (κ2) is 11.2. The van der Waals surface area contributed by atoms with Crippen molar-refractivity contribution in [1.29, 1.82) is 0 Å². The summed E-state index contributed by atoms with van der Waals surface area (Å²) >= 11 is 1.71. The van der Waals surface area contributed by atoms with Gasteiger partial charge in [0.25, 0.3) is 5.60 Å². The Morgan fingerprint density at radius 1 is 1.00 bits per heavy atom. The van der Waals surface area contributed by atoms with Gasteiger partial charge in [0.2, 0.25) is 5.91 Å². The zero-order valence-electron chi connectivity index (χ0n) is 21.1. The molecule has 1 amide bonds. The number of methoxy groups -OCH3 is 1. The largest absolute Gasteiger partial charge is 0.430 e. The smallest absolute Gasteiger partial charge is 0.357 e. The average Bonchev–Trinajstić information content (AvgIpc) is 3.35. The van der Waals surface area contributed by atoms with Crippen LogP contribution < -0.4 is 0 Å². The maximum atomic E-state index is 15.4. The topological polar surface area (TPSA) is 46.6 Å². The van der Waals surface area contributed by atoms with Crippen molar-refractivity contribution in [3.05, 3.63) is 65.2 Å². The Hall–Kier alpha value is -2.19. The highest BCUT2D eigenvalue weighted by molar-refractivity contribution is 7.99. The van der Waals surface area contributed by atoms with Gasteiger partial charge < -0.3 is 9.64 Å². The Balaban J connectivity index is 1.81. The van der Waals surface area contributed by atoms with Crippen molar-refractivity contribution in [2.75, 3.05) is 31.7 Å². The molecule has 2 saturated heterocycles. The number of amides is 1. The Kier molecular flexibility index (Phi) is 8.64. The van der Waals surface area contributed by atoms with E-state index in [2.05, 4.69) is 4.74 Å². The van der Waals surface area contributed by atoms with Gasteiger partial charge in [0.05, 0.1) is 15.5 Å². The third-order valence-corrected chi connectivity index (χ3v) is 10.5. The van der Waals surface area contributed by atoms with Gasteiger partial charge in [-0.1, -0.05) is 12.1 Å².